The van der Waals surface area contributed by atoms with Crippen molar-refractivity contribution in [2.24, 2.45) is 0 Å². The van der Waals surface area contributed by atoms with Gasteiger partial charge in [0.05, 0.1) is 6.61 Å². The van der Waals surface area contributed by atoms with E-state index in [-0.39, 0.29) is 6.10 Å². The van der Waals surface area contributed by atoms with Gasteiger partial charge in [-0.05, 0) is 12.1 Å². The molecule has 1 atom stereocenters. The van der Waals surface area contributed by atoms with Crippen molar-refractivity contribution in [3.8, 4) is 5.75 Å². The predicted octanol–water partition coefficient (Wildman–Crippen LogP) is 1.91. The molecule has 5 heteroatoms. The molecule has 1 unspecified atom stereocenters. The van der Waals surface area contributed by atoms with Gasteiger partial charge in [-0.3, -0.25) is 0 Å². The zero-order valence-electron chi connectivity index (χ0n) is 10.5. The Kier molecular flexibility index (Phi) is 3.76. The van der Waals surface area contributed by atoms with Crippen LogP contribution in [0.3, 0.4) is 0 Å². The predicted molar refractivity (Wildman–Crippen MR) is 68.8 cm³/mol. The van der Waals surface area contributed by atoms with Gasteiger partial charge < -0.3 is 19.3 Å². The third kappa shape index (κ3) is 3.13. The summed E-state index contributed by atoms with van der Waals surface area (Å²) in [5.41, 5.74) is 0.818. The van der Waals surface area contributed by atoms with E-state index in [1.54, 1.807) is 0 Å². The number of hydrogen-bond acceptors (Lipinski definition) is 5. The molecule has 100 valence electrons. The van der Waals surface area contributed by atoms with Crippen LogP contribution in [-0.4, -0.2) is 24.9 Å². The van der Waals surface area contributed by atoms with Crippen LogP contribution >= 0.6 is 0 Å². The first-order chi connectivity index (χ1) is 9.42. The number of para-hydroxylation sites is 1. The molecule has 0 aliphatic carbocycles. The highest BCUT2D eigenvalue weighted by molar-refractivity contribution is 5.21. The fraction of sp³-hybridized carbons (Fsp3) is 0.357. The molecular weight excluding hydrogens is 244 g/mol. The molecule has 0 saturated carbocycles. The summed E-state index contributed by atoms with van der Waals surface area (Å²) in [6, 6.07) is 11.5. The average Bonchev–Trinajstić information content (AvgIpc) is 2.96. The van der Waals surface area contributed by atoms with Crippen LogP contribution in [-0.2, 0) is 11.3 Å². The normalized spacial score (nSPS) is 19.3. The molecule has 1 aromatic carbocycles. The summed E-state index contributed by atoms with van der Waals surface area (Å²) in [4.78, 5) is 0. The summed E-state index contributed by atoms with van der Waals surface area (Å²) in [5, 5.41) is 7.29. The van der Waals surface area contributed by atoms with Crippen molar-refractivity contribution in [1.29, 1.82) is 0 Å². The zero-order chi connectivity index (χ0) is 12.9. The Balaban J connectivity index is 1.58. The quantitative estimate of drug-likeness (QED) is 0.910. The number of rotatable bonds is 4. The van der Waals surface area contributed by atoms with E-state index in [0.29, 0.717) is 19.0 Å². The fourth-order valence-corrected chi connectivity index (χ4v) is 1.98. The molecule has 0 bridgehead atoms. The molecule has 1 saturated heterocycles. The highest BCUT2D eigenvalue weighted by Gasteiger charge is 2.19. The van der Waals surface area contributed by atoms with Crippen molar-refractivity contribution in [3.05, 3.63) is 47.9 Å². The summed E-state index contributed by atoms with van der Waals surface area (Å²) < 4.78 is 16.5. The highest BCUT2D eigenvalue weighted by Crippen LogP contribution is 2.19. The van der Waals surface area contributed by atoms with Crippen molar-refractivity contribution in [1.82, 2.24) is 10.5 Å². The summed E-state index contributed by atoms with van der Waals surface area (Å²) >= 11 is 0. The van der Waals surface area contributed by atoms with Crippen LogP contribution in [0.5, 0.6) is 5.75 Å². The molecule has 5 nitrogen and oxygen atoms in total. The second-order valence-corrected chi connectivity index (χ2v) is 4.38. The fourth-order valence-electron chi connectivity index (χ4n) is 1.98. The Bertz CT molecular complexity index is 506. The number of hydrogen-bond donors (Lipinski definition) is 1. The molecule has 0 spiro atoms. The minimum absolute atomic E-state index is 0.0250. The minimum atomic E-state index is -0.0250. The lowest BCUT2D eigenvalue weighted by molar-refractivity contribution is 0.0231. The molecule has 19 heavy (non-hydrogen) atoms. The number of nitrogens with one attached hydrogen (secondary N) is 1. The maximum Gasteiger partial charge on any atom is 0.174 e. The largest absolute Gasteiger partial charge is 0.486 e. The van der Waals surface area contributed by atoms with Gasteiger partial charge in [0, 0.05) is 19.2 Å². The Morgan fingerprint density at radius 3 is 3.00 bits per heavy atom. The van der Waals surface area contributed by atoms with Gasteiger partial charge in [0.2, 0.25) is 0 Å². The second-order valence-electron chi connectivity index (χ2n) is 4.38. The number of nitrogens with zero attached hydrogens (tertiary/aromatic N) is 1. The average molecular weight is 260 g/mol. The molecular formula is C14H16N2O3. The first kappa shape index (κ1) is 12.2. The molecule has 1 N–H and O–H groups in total. The molecule has 2 heterocycles. The molecule has 2 aromatic rings. The number of morpholine rings is 1. The molecule has 3 rings (SSSR count). The highest BCUT2D eigenvalue weighted by atomic mass is 16.5. The van der Waals surface area contributed by atoms with Gasteiger partial charge in [-0.1, -0.05) is 23.4 Å². The monoisotopic (exact) mass is 260 g/mol. The van der Waals surface area contributed by atoms with E-state index < -0.39 is 0 Å². The van der Waals surface area contributed by atoms with Crippen LogP contribution in [0, 0.1) is 0 Å². The maximum absolute atomic E-state index is 5.61. The Labute approximate surface area is 111 Å². The first-order valence-corrected chi connectivity index (χ1v) is 6.37. The maximum atomic E-state index is 5.61. The van der Waals surface area contributed by atoms with Crippen LogP contribution in [0.4, 0.5) is 0 Å². The molecule has 1 fully saturated rings. The summed E-state index contributed by atoms with van der Waals surface area (Å²) in [7, 11) is 0. The van der Waals surface area contributed by atoms with Crippen molar-refractivity contribution in [3.63, 3.8) is 0 Å². The van der Waals surface area contributed by atoms with Crippen LogP contribution in [0.1, 0.15) is 17.6 Å². The van der Waals surface area contributed by atoms with Crippen molar-refractivity contribution in [2.45, 2.75) is 12.7 Å². The minimum Gasteiger partial charge on any atom is -0.486 e. The molecule has 1 aliphatic rings. The third-order valence-electron chi connectivity index (χ3n) is 2.96. The molecule has 0 radical (unpaired) electrons. The van der Waals surface area contributed by atoms with Crippen LogP contribution < -0.4 is 10.1 Å². The molecule has 1 aromatic heterocycles. The van der Waals surface area contributed by atoms with Gasteiger partial charge in [0.15, 0.2) is 5.76 Å². The van der Waals surface area contributed by atoms with Crippen LogP contribution in [0.15, 0.2) is 40.9 Å². The van der Waals surface area contributed by atoms with Crippen LogP contribution in [0.2, 0.25) is 0 Å². The lowest BCUT2D eigenvalue weighted by Gasteiger charge is -2.21. The molecule has 0 amide bonds. The third-order valence-corrected chi connectivity index (χ3v) is 2.96. The van der Waals surface area contributed by atoms with E-state index >= 15 is 0 Å². The number of ether oxygens (including phenoxy) is 2. The van der Waals surface area contributed by atoms with E-state index in [4.69, 9.17) is 14.0 Å². The van der Waals surface area contributed by atoms with E-state index in [2.05, 4.69) is 10.5 Å². The summed E-state index contributed by atoms with van der Waals surface area (Å²) in [6.45, 7) is 2.73. The van der Waals surface area contributed by atoms with Gasteiger partial charge in [-0.25, -0.2) is 0 Å². The SMILES string of the molecule is c1ccc(OCc2cc(C3CNCCO3)no2)cc1. The van der Waals surface area contributed by atoms with E-state index in [0.717, 1.165) is 24.5 Å². The van der Waals surface area contributed by atoms with Crippen LogP contribution in [0.25, 0.3) is 0 Å². The van der Waals surface area contributed by atoms with Crippen molar-refractivity contribution in [2.75, 3.05) is 19.7 Å². The van der Waals surface area contributed by atoms with E-state index in [9.17, 15) is 0 Å². The summed E-state index contributed by atoms with van der Waals surface area (Å²) in [6.07, 6.45) is -0.0250. The number of benzene rings is 1. The van der Waals surface area contributed by atoms with Gasteiger partial charge in [-0.15, -0.1) is 0 Å². The zero-order valence-corrected chi connectivity index (χ0v) is 10.5. The Hall–Kier alpha value is -1.85. The van der Waals surface area contributed by atoms with Gasteiger partial charge in [0.25, 0.3) is 0 Å². The number of aromatic nitrogens is 1. The first-order valence-electron chi connectivity index (χ1n) is 6.37. The standard InChI is InChI=1S/C14H16N2O3/c1-2-4-11(5-3-1)18-10-12-8-13(16-19-12)14-9-15-6-7-17-14/h1-5,8,14-15H,6-7,9-10H2. The Morgan fingerprint density at radius 1 is 1.32 bits per heavy atom. The van der Waals surface area contributed by atoms with Crippen molar-refractivity contribution < 1.29 is 14.0 Å². The smallest absolute Gasteiger partial charge is 0.174 e. The molecule has 1 aliphatic heterocycles. The topological polar surface area (TPSA) is 56.5 Å². The Morgan fingerprint density at radius 2 is 2.21 bits per heavy atom. The van der Waals surface area contributed by atoms with Gasteiger partial charge in [-0.2, -0.15) is 0 Å². The van der Waals surface area contributed by atoms with Crippen molar-refractivity contribution >= 4 is 0 Å². The summed E-state index contributed by atoms with van der Waals surface area (Å²) in [5.74, 6) is 1.52. The lowest BCUT2D eigenvalue weighted by Crippen LogP contribution is -2.33. The lowest BCUT2D eigenvalue weighted by atomic mass is 10.2. The van der Waals surface area contributed by atoms with Gasteiger partial charge >= 0.3 is 0 Å². The van der Waals surface area contributed by atoms with E-state index in [1.165, 1.54) is 0 Å². The van der Waals surface area contributed by atoms with E-state index in [1.807, 2.05) is 36.4 Å². The second kappa shape index (κ2) is 5.86. The van der Waals surface area contributed by atoms with Gasteiger partial charge in [0.1, 0.15) is 24.2 Å².